The molecule has 2 aromatic carbocycles. The minimum atomic E-state index is -4.67. The number of benzene rings is 2. The van der Waals surface area contributed by atoms with E-state index in [1.807, 2.05) is 0 Å². The fourth-order valence-corrected chi connectivity index (χ4v) is 3.12. The van der Waals surface area contributed by atoms with Gasteiger partial charge in [-0.05, 0) is 24.3 Å². The first-order valence-electron chi connectivity index (χ1n) is 7.01. The Balaban J connectivity index is 2.55. The minimum absolute atomic E-state index is 0.117. The summed E-state index contributed by atoms with van der Waals surface area (Å²) in [5.74, 6) is 0.124. The molecule has 0 fully saturated rings. The number of hydrogen-bond donors (Lipinski definition) is 1. The minimum Gasteiger partial charge on any atom is -0.372 e. The van der Waals surface area contributed by atoms with Gasteiger partial charge >= 0.3 is 11.9 Å². The molecule has 0 aliphatic rings. The second kappa shape index (κ2) is 6.24. The fourth-order valence-electron chi connectivity index (χ4n) is 2.54. The average Bonchev–Trinajstić information content (AvgIpc) is 2.54. The van der Waals surface area contributed by atoms with Crippen molar-refractivity contribution in [2.75, 3.05) is 12.4 Å². The van der Waals surface area contributed by atoms with Crippen molar-refractivity contribution < 1.29 is 13.2 Å². The second-order valence-electron chi connectivity index (χ2n) is 5.10. The molecule has 1 N–H and O–H groups in total. The van der Waals surface area contributed by atoms with Crippen molar-refractivity contribution in [2.45, 2.75) is 6.18 Å². The van der Waals surface area contributed by atoms with Crippen LogP contribution in [0.15, 0.2) is 41.2 Å². The first kappa shape index (κ1) is 17.6. The summed E-state index contributed by atoms with van der Waals surface area (Å²) < 4.78 is 40.7. The lowest BCUT2D eigenvalue weighted by atomic mass is 10.1. The standard InChI is InChI=1S/C16H10Cl2F3N3O/c1-22-14-8-6-7-9(16(19,20)21)12(18)13(8)24(15(25)23-14)11-5-3-2-4-10(11)17/h2-7H,1H3,(H,22,23,25). The number of nitrogens with one attached hydrogen (secondary N) is 1. The Kier molecular flexibility index (Phi) is 4.38. The highest BCUT2D eigenvalue weighted by atomic mass is 35.5. The van der Waals surface area contributed by atoms with Gasteiger partial charge in [-0.3, -0.25) is 4.57 Å². The zero-order valence-corrected chi connectivity index (χ0v) is 14.2. The van der Waals surface area contributed by atoms with Crippen molar-refractivity contribution >= 4 is 39.9 Å². The van der Waals surface area contributed by atoms with Crippen LogP contribution in [-0.4, -0.2) is 16.6 Å². The van der Waals surface area contributed by atoms with Crippen molar-refractivity contribution in [1.82, 2.24) is 9.55 Å². The van der Waals surface area contributed by atoms with Gasteiger partial charge in [-0.2, -0.15) is 18.2 Å². The Hall–Kier alpha value is -2.25. The quantitative estimate of drug-likeness (QED) is 0.689. The van der Waals surface area contributed by atoms with E-state index in [1.54, 1.807) is 12.1 Å². The largest absolute Gasteiger partial charge is 0.417 e. The fraction of sp³-hybridized carbons (Fsp3) is 0.125. The van der Waals surface area contributed by atoms with Gasteiger partial charge in [-0.15, -0.1) is 0 Å². The third-order valence-electron chi connectivity index (χ3n) is 3.63. The van der Waals surface area contributed by atoms with Crippen molar-refractivity contribution in [1.29, 1.82) is 0 Å². The molecule has 0 atom stereocenters. The monoisotopic (exact) mass is 387 g/mol. The predicted molar refractivity (Wildman–Crippen MR) is 91.9 cm³/mol. The summed E-state index contributed by atoms with van der Waals surface area (Å²) in [5, 5.41) is 2.54. The van der Waals surface area contributed by atoms with E-state index in [-0.39, 0.29) is 27.4 Å². The topological polar surface area (TPSA) is 46.9 Å². The summed E-state index contributed by atoms with van der Waals surface area (Å²) in [6, 6.07) is 8.33. The Morgan fingerprint density at radius 3 is 2.40 bits per heavy atom. The van der Waals surface area contributed by atoms with Crippen LogP contribution in [0.4, 0.5) is 19.0 Å². The summed E-state index contributed by atoms with van der Waals surface area (Å²) >= 11 is 12.2. The normalized spacial score (nSPS) is 11.8. The van der Waals surface area contributed by atoms with Crippen LogP contribution < -0.4 is 11.0 Å². The van der Waals surface area contributed by atoms with E-state index in [0.717, 1.165) is 10.6 Å². The van der Waals surface area contributed by atoms with E-state index >= 15 is 0 Å². The molecular weight excluding hydrogens is 378 g/mol. The molecule has 0 saturated carbocycles. The first-order chi connectivity index (χ1) is 11.8. The number of alkyl halides is 3. The summed E-state index contributed by atoms with van der Waals surface area (Å²) in [6.07, 6.45) is -4.67. The van der Waals surface area contributed by atoms with Crippen molar-refractivity contribution in [3.63, 3.8) is 0 Å². The third kappa shape index (κ3) is 2.94. The van der Waals surface area contributed by atoms with E-state index in [0.29, 0.717) is 0 Å². The summed E-state index contributed by atoms with van der Waals surface area (Å²) in [7, 11) is 1.51. The van der Waals surface area contributed by atoms with Crippen LogP contribution in [-0.2, 0) is 6.18 Å². The smallest absolute Gasteiger partial charge is 0.372 e. The van der Waals surface area contributed by atoms with E-state index in [2.05, 4.69) is 10.3 Å². The van der Waals surface area contributed by atoms with Crippen molar-refractivity contribution in [2.24, 2.45) is 0 Å². The van der Waals surface area contributed by atoms with E-state index in [9.17, 15) is 18.0 Å². The Bertz CT molecular complexity index is 1030. The molecule has 0 bridgehead atoms. The molecule has 0 unspecified atom stereocenters. The van der Waals surface area contributed by atoms with Crippen LogP contribution >= 0.6 is 23.2 Å². The highest BCUT2D eigenvalue weighted by Crippen LogP contribution is 2.40. The molecule has 9 heteroatoms. The molecule has 130 valence electrons. The molecule has 0 spiro atoms. The van der Waals surface area contributed by atoms with Gasteiger partial charge in [0.05, 0.1) is 26.8 Å². The number of rotatable bonds is 2. The summed E-state index contributed by atoms with van der Waals surface area (Å²) in [5.41, 5.74) is -1.77. The molecule has 1 heterocycles. The van der Waals surface area contributed by atoms with Gasteiger partial charge in [0.2, 0.25) is 0 Å². The van der Waals surface area contributed by atoms with Crippen LogP contribution in [0.1, 0.15) is 5.56 Å². The maximum absolute atomic E-state index is 13.2. The molecule has 0 aliphatic heterocycles. The Morgan fingerprint density at radius 1 is 1.12 bits per heavy atom. The highest BCUT2D eigenvalue weighted by Gasteiger charge is 2.35. The summed E-state index contributed by atoms with van der Waals surface area (Å²) in [4.78, 5) is 16.4. The number of anilines is 1. The number of halogens is 5. The van der Waals surface area contributed by atoms with Gasteiger partial charge in [-0.25, -0.2) is 4.79 Å². The van der Waals surface area contributed by atoms with E-state index in [1.165, 1.54) is 25.2 Å². The number of nitrogens with zero attached hydrogens (tertiary/aromatic N) is 2. The highest BCUT2D eigenvalue weighted by molar-refractivity contribution is 6.36. The SMILES string of the molecule is CNc1nc(=O)n(-c2ccccc2Cl)c2c(Cl)c(C(F)(F)F)ccc12. The zero-order chi connectivity index (χ0) is 18.4. The van der Waals surface area contributed by atoms with Crippen LogP contribution in [0.2, 0.25) is 10.0 Å². The molecule has 4 nitrogen and oxygen atoms in total. The van der Waals surface area contributed by atoms with Gasteiger partial charge in [0.1, 0.15) is 5.82 Å². The lowest BCUT2D eigenvalue weighted by molar-refractivity contribution is -0.137. The van der Waals surface area contributed by atoms with Gasteiger partial charge in [0.25, 0.3) is 0 Å². The van der Waals surface area contributed by atoms with Gasteiger partial charge < -0.3 is 5.32 Å². The predicted octanol–water partition coefficient (Wildman–Crippen LogP) is 4.75. The lowest BCUT2D eigenvalue weighted by Crippen LogP contribution is -2.24. The number of aromatic nitrogens is 2. The number of para-hydroxylation sites is 1. The molecule has 0 aliphatic carbocycles. The maximum atomic E-state index is 13.2. The molecule has 3 aromatic rings. The van der Waals surface area contributed by atoms with Crippen LogP contribution in [0.5, 0.6) is 0 Å². The third-order valence-corrected chi connectivity index (χ3v) is 4.33. The zero-order valence-electron chi connectivity index (χ0n) is 12.7. The molecule has 1 aromatic heterocycles. The van der Waals surface area contributed by atoms with Gasteiger partial charge in [0, 0.05) is 12.4 Å². The van der Waals surface area contributed by atoms with Gasteiger partial charge in [-0.1, -0.05) is 35.3 Å². The molecule has 25 heavy (non-hydrogen) atoms. The van der Waals surface area contributed by atoms with Crippen LogP contribution in [0, 0.1) is 0 Å². The number of fused-ring (bicyclic) bond motifs is 1. The molecular formula is C16H10Cl2F3N3O. The average molecular weight is 388 g/mol. The second-order valence-corrected chi connectivity index (χ2v) is 5.89. The Labute approximate surface area is 149 Å². The first-order valence-corrected chi connectivity index (χ1v) is 7.76. The lowest BCUT2D eigenvalue weighted by Gasteiger charge is -2.17. The van der Waals surface area contributed by atoms with E-state index in [4.69, 9.17) is 23.2 Å². The summed E-state index contributed by atoms with van der Waals surface area (Å²) in [6.45, 7) is 0. The van der Waals surface area contributed by atoms with Crippen molar-refractivity contribution in [3.8, 4) is 5.69 Å². The molecule has 0 radical (unpaired) electrons. The number of hydrogen-bond acceptors (Lipinski definition) is 3. The Morgan fingerprint density at radius 2 is 1.80 bits per heavy atom. The van der Waals surface area contributed by atoms with E-state index < -0.39 is 22.5 Å². The van der Waals surface area contributed by atoms with Crippen molar-refractivity contribution in [3.05, 3.63) is 62.5 Å². The van der Waals surface area contributed by atoms with Crippen LogP contribution in [0.25, 0.3) is 16.6 Å². The van der Waals surface area contributed by atoms with Crippen LogP contribution in [0.3, 0.4) is 0 Å². The molecule has 0 saturated heterocycles. The van der Waals surface area contributed by atoms with Gasteiger partial charge in [0.15, 0.2) is 0 Å². The maximum Gasteiger partial charge on any atom is 0.417 e. The molecule has 3 rings (SSSR count). The molecule has 0 amide bonds.